The van der Waals surface area contributed by atoms with Gasteiger partial charge in [-0.05, 0) is 24.1 Å². The van der Waals surface area contributed by atoms with E-state index in [0.29, 0.717) is 13.0 Å². The van der Waals surface area contributed by atoms with E-state index in [1.807, 2.05) is 30.3 Å². The maximum atomic E-state index is 13.4. The molecule has 2 rings (SSSR count). The highest BCUT2D eigenvalue weighted by Gasteiger charge is 2.13. The van der Waals surface area contributed by atoms with E-state index < -0.39 is 5.82 Å². The number of amides is 1. The zero-order valence-corrected chi connectivity index (χ0v) is 12.7. The molecule has 2 aromatic rings. The zero-order chi connectivity index (χ0) is 16.5. The molecule has 122 valence electrons. The Morgan fingerprint density at radius 3 is 2.52 bits per heavy atom. The number of ether oxygens (including phenoxy) is 1. The Morgan fingerprint density at radius 1 is 1.13 bits per heavy atom. The van der Waals surface area contributed by atoms with Gasteiger partial charge in [-0.1, -0.05) is 42.5 Å². The molecule has 2 N–H and O–H groups in total. The van der Waals surface area contributed by atoms with Gasteiger partial charge in [0.2, 0.25) is 0 Å². The summed E-state index contributed by atoms with van der Waals surface area (Å²) in [5.41, 5.74) is 1.05. The number of hydrogen-bond donors (Lipinski definition) is 2. The topological polar surface area (TPSA) is 58.6 Å². The smallest absolute Gasteiger partial charge is 0.257 e. The van der Waals surface area contributed by atoms with Gasteiger partial charge in [0, 0.05) is 19.1 Å². The summed E-state index contributed by atoms with van der Waals surface area (Å²) in [6, 6.07) is 15.6. The van der Waals surface area contributed by atoms with Crippen LogP contribution in [-0.2, 0) is 4.79 Å². The highest BCUT2D eigenvalue weighted by molar-refractivity contribution is 5.77. The van der Waals surface area contributed by atoms with Crippen LogP contribution in [0.25, 0.3) is 0 Å². The first-order valence-electron chi connectivity index (χ1n) is 7.50. The standard InChI is InChI=1S/C18H20FNO3/c19-16-8-4-5-9-17(16)23-13-18(22)20-12-15(10-11-21)14-6-2-1-3-7-14/h1-9,15,21H,10-13H2,(H,20,22). The number of nitrogens with one attached hydrogen (secondary N) is 1. The fourth-order valence-corrected chi connectivity index (χ4v) is 2.26. The van der Waals surface area contributed by atoms with Gasteiger partial charge in [0.25, 0.3) is 5.91 Å². The zero-order valence-electron chi connectivity index (χ0n) is 12.7. The Balaban J connectivity index is 1.83. The first kappa shape index (κ1) is 17.0. The molecular weight excluding hydrogens is 297 g/mol. The molecule has 0 spiro atoms. The van der Waals surface area contributed by atoms with Gasteiger partial charge in [0.05, 0.1) is 0 Å². The van der Waals surface area contributed by atoms with Crippen LogP contribution in [0.2, 0.25) is 0 Å². The number of aliphatic hydroxyl groups excluding tert-OH is 1. The molecular formula is C18H20FNO3. The predicted molar refractivity (Wildman–Crippen MR) is 85.8 cm³/mol. The van der Waals surface area contributed by atoms with Crippen molar-refractivity contribution in [3.8, 4) is 5.75 Å². The second-order valence-electron chi connectivity index (χ2n) is 5.14. The highest BCUT2D eigenvalue weighted by atomic mass is 19.1. The van der Waals surface area contributed by atoms with Crippen LogP contribution in [0.1, 0.15) is 17.9 Å². The molecule has 0 bridgehead atoms. The molecule has 0 aliphatic rings. The summed E-state index contributed by atoms with van der Waals surface area (Å²) < 4.78 is 18.6. The van der Waals surface area contributed by atoms with Gasteiger partial charge in [-0.2, -0.15) is 0 Å². The van der Waals surface area contributed by atoms with Crippen molar-refractivity contribution in [3.05, 3.63) is 66.0 Å². The highest BCUT2D eigenvalue weighted by Crippen LogP contribution is 2.18. The molecule has 0 aromatic heterocycles. The first-order valence-corrected chi connectivity index (χ1v) is 7.50. The molecule has 0 radical (unpaired) electrons. The molecule has 1 unspecified atom stereocenters. The van der Waals surface area contributed by atoms with Crippen LogP contribution >= 0.6 is 0 Å². The summed E-state index contributed by atoms with van der Waals surface area (Å²) in [5.74, 6) is -0.744. The minimum atomic E-state index is -0.497. The SMILES string of the molecule is O=C(COc1ccccc1F)NCC(CCO)c1ccccc1. The van der Waals surface area contributed by atoms with Crippen LogP contribution < -0.4 is 10.1 Å². The fraction of sp³-hybridized carbons (Fsp3) is 0.278. The largest absolute Gasteiger partial charge is 0.481 e. The van der Waals surface area contributed by atoms with Gasteiger partial charge in [-0.15, -0.1) is 0 Å². The Kier molecular flexibility index (Phi) is 6.56. The lowest BCUT2D eigenvalue weighted by atomic mass is 9.96. The molecule has 2 aromatic carbocycles. The van der Waals surface area contributed by atoms with Crippen LogP contribution in [0.15, 0.2) is 54.6 Å². The van der Waals surface area contributed by atoms with Gasteiger partial charge < -0.3 is 15.2 Å². The van der Waals surface area contributed by atoms with Crippen LogP contribution in [0.5, 0.6) is 5.75 Å². The van der Waals surface area contributed by atoms with Crippen LogP contribution in [-0.4, -0.2) is 30.8 Å². The molecule has 0 saturated heterocycles. The quantitative estimate of drug-likeness (QED) is 0.786. The third kappa shape index (κ3) is 5.38. The number of halogens is 1. The van der Waals surface area contributed by atoms with Crippen molar-refractivity contribution in [3.63, 3.8) is 0 Å². The van der Waals surface area contributed by atoms with Crippen molar-refractivity contribution >= 4 is 5.91 Å². The second kappa shape index (κ2) is 8.90. The van der Waals surface area contributed by atoms with Crippen LogP contribution in [0.3, 0.4) is 0 Å². The third-order valence-electron chi connectivity index (χ3n) is 3.49. The summed E-state index contributed by atoms with van der Waals surface area (Å²) in [6.45, 7) is 0.187. The van der Waals surface area contributed by atoms with Crippen LogP contribution in [0.4, 0.5) is 4.39 Å². The van der Waals surface area contributed by atoms with E-state index in [1.165, 1.54) is 12.1 Å². The molecule has 5 heteroatoms. The number of hydrogen-bond acceptors (Lipinski definition) is 3. The first-order chi connectivity index (χ1) is 11.2. The van der Waals surface area contributed by atoms with E-state index in [9.17, 15) is 9.18 Å². The summed E-state index contributed by atoms with van der Waals surface area (Å²) >= 11 is 0. The van der Waals surface area contributed by atoms with Crippen molar-refractivity contribution in [1.82, 2.24) is 5.32 Å². The molecule has 0 aliphatic heterocycles. The predicted octanol–water partition coefficient (Wildman–Crippen LogP) is 2.49. The maximum Gasteiger partial charge on any atom is 0.257 e. The summed E-state index contributed by atoms with van der Waals surface area (Å²) in [4.78, 5) is 11.8. The minimum absolute atomic E-state index is 0.0265. The monoisotopic (exact) mass is 317 g/mol. The number of benzene rings is 2. The average Bonchev–Trinajstić information content (AvgIpc) is 2.58. The van der Waals surface area contributed by atoms with E-state index in [2.05, 4.69) is 5.32 Å². The van der Waals surface area contributed by atoms with E-state index in [4.69, 9.17) is 9.84 Å². The van der Waals surface area contributed by atoms with Gasteiger partial charge >= 0.3 is 0 Å². The lowest BCUT2D eigenvalue weighted by molar-refractivity contribution is -0.123. The van der Waals surface area contributed by atoms with Crippen molar-refractivity contribution in [2.24, 2.45) is 0 Å². The van der Waals surface area contributed by atoms with Gasteiger partial charge in [0.1, 0.15) is 0 Å². The minimum Gasteiger partial charge on any atom is -0.481 e. The number of carbonyl (C=O) groups is 1. The van der Waals surface area contributed by atoms with Crippen molar-refractivity contribution in [1.29, 1.82) is 0 Å². The normalized spacial score (nSPS) is 11.7. The van der Waals surface area contributed by atoms with Gasteiger partial charge in [-0.3, -0.25) is 4.79 Å². The number of aliphatic hydroxyl groups is 1. The maximum absolute atomic E-state index is 13.4. The third-order valence-corrected chi connectivity index (χ3v) is 3.49. The Hall–Kier alpha value is -2.40. The average molecular weight is 317 g/mol. The molecule has 0 heterocycles. The summed E-state index contributed by atoms with van der Waals surface area (Å²) in [7, 11) is 0. The van der Waals surface area contributed by atoms with E-state index in [-0.39, 0.29) is 30.8 Å². The van der Waals surface area contributed by atoms with Crippen molar-refractivity contribution in [2.75, 3.05) is 19.8 Å². The molecule has 0 saturated carbocycles. The lowest BCUT2D eigenvalue weighted by Crippen LogP contribution is -2.32. The Labute approximate surface area is 134 Å². The van der Waals surface area contributed by atoms with Gasteiger partial charge in [-0.25, -0.2) is 4.39 Å². The van der Waals surface area contributed by atoms with Crippen molar-refractivity contribution < 1.29 is 19.0 Å². The molecule has 1 atom stereocenters. The number of carbonyl (C=O) groups excluding carboxylic acids is 1. The molecule has 0 aliphatic carbocycles. The molecule has 1 amide bonds. The summed E-state index contributed by atoms with van der Waals surface area (Å²) in [6.07, 6.45) is 0.554. The van der Waals surface area contributed by atoms with Crippen LogP contribution in [0, 0.1) is 5.82 Å². The second-order valence-corrected chi connectivity index (χ2v) is 5.14. The number of rotatable bonds is 8. The van der Waals surface area contributed by atoms with Gasteiger partial charge in [0.15, 0.2) is 18.2 Å². The van der Waals surface area contributed by atoms with E-state index in [0.717, 1.165) is 5.56 Å². The van der Waals surface area contributed by atoms with E-state index in [1.54, 1.807) is 12.1 Å². The molecule has 23 heavy (non-hydrogen) atoms. The molecule has 0 fully saturated rings. The van der Waals surface area contributed by atoms with E-state index >= 15 is 0 Å². The fourth-order valence-electron chi connectivity index (χ4n) is 2.26. The van der Waals surface area contributed by atoms with Crippen molar-refractivity contribution in [2.45, 2.75) is 12.3 Å². The summed E-state index contributed by atoms with van der Waals surface area (Å²) in [5, 5.41) is 11.9. The Morgan fingerprint density at radius 2 is 1.83 bits per heavy atom. The lowest BCUT2D eigenvalue weighted by Gasteiger charge is -2.17. The Bertz CT molecular complexity index is 619. The molecule has 4 nitrogen and oxygen atoms in total. The number of para-hydroxylation sites is 1.